The van der Waals surface area contributed by atoms with Crippen LogP contribution >= 0.6 is 0 Å². The fourth-order valence-electron chi connectivity index (χ4n) is 11.0. The lowest BCUT2D eigenvalue weighted by atomic mass is 9.77. The molecule has 83 heavy (non-hydrogen) atoms. The highest BCUT2D eigenvalue weighted by Crippen LogP contribution is 2.44. The Morgan fingerprint density at radius 2 is 0.349 bits per heavy atom. The number of hydrogen-bond acceptors (Lipinski definition) is 3. The third-order valence-electron chi connectivity index (χ3n) is 14.7. The standard InChI is InChI=1S/3C20H27N.C20H26/c3*1-19(2,3)17-14-10-11-15-18(17)21(20(4,5)6)16-12-8-7-9-13-16;1-19(2,3)17-13-9-7-11-15(17)16-12-8-10-14-18(16)20(4,5)6/h3*7-15H,1-6H3;7-14H,1-6H3. The lowest BCUT2D eigenvalue weighted by molar-refractivity contribution is 0.543. The first-order valence-corrected chi connectivity index (χ1v) is 30.4. The fraction of sp³-hybridized carbons (Fsp3) is 0.400. The molecule has 0 aliphatic carbocycles. The molecule has 0 unspecified atom stereocenters. The highest BCUT2D eigenvalue weighted by Gasteiger charge is 2.32. The third-order valence-corrected chi connectivity index (χ3v) is 14.7. The van der Waals surface area contributed by atoms with Crippen molar-refractivity contribution < 1.29 is 0 Å². The van der Waals surface area contributed by atoms with Crippen LogP contribution in [0.4, 0.5) is 34.1 Å². The predicted octanol–water partition coefficient (Wildman–Crippen LogP) is 23.7. The van der Waals surface area contributed by atoms with Crippen molar-refractivity contribution in [1.29, 1.82) is 0 Å². The highest BCUT2D eigenvalue weighted by molar-refractivity contribution is 5.74. The van der Waals surface area contributed by atoms with Gasteiger partial charge in [-0.1, -0.05) is 262 Å². The zero-order valence-electron chi connectivity index (χ0n) is 56.0. The molecule has 0 atom stereocenters. The van der Waals surface area contributed by atoms with Gasteiger partial charge in [0.2, 0.25) is 0 Å². The van der Waals surface area contributed by atoms with Gasteiger partial charge in [0.1, 0.15) is 0 Å². The largest absolute Gasteiger partial charge is 0.336 e. The Balaban J connectivity index is 0.000000203. The smallest absolute Gasteiger partial charge is 0.0453 e. The van der Waals surface area contributed by atoms with Crippen LogP contribution in [0, 0.1) is 0 Å². The summed E-state index contributed by atoms with van der Waals surface area (Å²) in [7, 11) is 0. The first-order chi connectivity index (χ1) is 38.3. The van der Waals surface area contributed by atoms with E-state index in [1.165, 1.54) is 73.1 Å². The molecule has 8 aromatic carbocycles. The van der Waals surface area contributed by atoms with Crippen LogP contribution in [0.1, 0.15) is 194 Å². The van der Waals surface area contributed by atoms with Crippen LogP contribution in [0.25, 0.3) is 11.1 Å². The summed E-state index contributed by atoms with van der Waals surface area (Å²) in [6.07, 6.45) is 0. The van der Waals surface area contributed by atoms with Gasteiger partial charge in [-0.25, -0.2) is 0 Å². The minimum Gasteiger partial charge on any atom is -0.336 e. The molecule has 0 spiro atoms. The Hall–Kier alpha value is -6.84. The Morgan fingerprint density at radius 3 is 0.542 bits per heavy atom. The van der Waals surface area contributed by atoms with Crippen molar-refractivity contribution in [3.8, 4) is 11.1 Å². The van der Waals surface area contributed by atoms with E-state index in [9.17, 15) is 0 Å². The first-order valence-electron chi connectivity index (χ1n) is 30.4. The van der Waals surface area contributed by atoms with Gasteiger partial charge in [0.05, 0.1) is 0 Å². The average Bonchev–Trinajstić information content (AvgIpc) is 2.86. The van der Waals surface area contributed by atoms with Crippen molar-refractivity contribution >= 4 is 34.1 Å². The number of benzene rings is 8. The molecule has 8 rings (SSSR count). The molecule has 0 aliphatic heterocycles. The monoisotopic (exact) mass is 1110 g/mol. The van der Waals surface area contributed by atoms with Crippen LogP contribution in [0.2, 0.25) is 0 Å². The molecule has 8 aromatic rings. The summed E-state index contributed by atoms with van der Waals surface area (Å²) in [5.74, 6) is 0. The summed E-state index contributed by atoms with van der Waals surface area (Å²) in [6.45, 7) is 54.5. The molecular formula is C80H107N3. The second kappa shape index (κ2) is 26.8. The van der Waals surface area contributed by atoms with Gasteiger partial charge in [-0.3, -0.25) is 0 Å². The van der Waals surface area contributed by atoms with Gasteiger partial charge in [0.25, 0.3) is 0 Å². The van der Waals surface area contributed by atoms with Crippen LogP contribution in [0.5, 0.6) is 0 Å². The summed E-state index contributed by atoms with van der Waals surface area (Å²) in [5.41, 5.74) is 18.0. The van der Waals surface area contributed by atoms with Crippen molar-refractivity contribution in [1.82, 2.24) is 0 Å². The topological polar surface area (TPSA) is 9.72 Å². The second-order valence-electron chi connectivity index (χ2n) is 30.4. The summed E-state index contributed by atoms with van der Waals surface area (Å²) in [6, 6.07) is 75.8. The Morgan fingerprint density at radius 1 is 0.181 bits per heavy atom. The molecule has 442 valence electrons. The number of nitrogens with zero attached hydrogens (tertiary/aromatic N) is 3. The molecule has 0 aromatic heterocycles. The van der Waals surface area contributed by atoms with Gasteiger partial charge in [0, 0.05) is 50.7 Å². The van der Waals surface area contributed by atoms with Crippen molar-refractivity contribution in [2.45, 2.75) is 210 Å². The third kappa shape index (κ3) is 18.3. The van der Waals surface area contributed by atoms with Crippen LogP contribution in [-0.4, -0.2) is 16.6 Å². The maximum absolute atomic E-state index is 2.44. The van der Waals surface area contributed by atoms with E-state index in [-0.39, 0.29) is 43.7 Å². The van der Waals surface area contributed by atoms with Crippen molar-refractivity contribution in [3.63, 3.8) is 0 Å². The van der Waals surface area contributed by atoms with Crippen molar-refractivity contribution in [3.05, 3.63) is 240 Å². The fourth-order valence-corrected chi connectivity index (χ4v) is 11.0. The minimum absolute atomic E-state index is 0.0166. The molecule has 0 aliphatic rings. The molecule has 0 saturated carbocycles. The maximum atomic E-state index is 2.44. The number of anilines is 6. The molecule has 3 nitrogen and oxygen atoms in total. The van der Waals surface area contributed by atoms with Crippen LogP contribution in [0.15, 0.2) is 212 Å². The van der Waals surface area contributed by atoms with E-state index in [1.54, 1.807) is 0 Å². The molecule has 0 N–H and O–H groups in total. The summed E-state index contributed by atoms with van der Waals surface area (Å²) in [4.78, 5) is 7.31. The van der Waals surface area contributed by atoms with Gasteiger partial charge in [-0.15, -0.1) is 0 Å². The zero-order valence-corrected chi connectivity index (χ0v) is 56.0. The van der Waals surface area contributed by atoms with E-state index < -0.39 is 0 Å². The van der Waals surface area contributed by atoms with E-state index in [0.717, 1.165) is 0 Å². The van der Waals surface area contributed by atoms with E-state index in [2.05, 4.69) is 393 Å². The number of para-hydroxylation sites is 6. The van der Waals surface area contributed by atoms with Gasteiger partial charge >= 0.3 is 0 Å². The molecular weight excluding hydrogens is 1000 g/mol. The van der Waals surface area contributed by atoms with Crippen molar-refractivity contribution in [2.75, 3.05) is 14.7 Å². The van der Waals surface area contributed by atoms with Gasteiger partial charge in [0.15, 0.2) is 0 Å². The maximum Gasteiger partial charge on any atom is 0.0453 e. The normalized spacial score (nSPS) is 12.3. The molecule has 0 amide bonds. The predicted molar refractivity (Wildman–Crippen MR) is 370 cm³/mol. The van der Waals surface area contributed by atoms with Crippen LogP contribution in [0.3, 0.4) is 0 Å². The summed E-state index contributed by atoms with van der Waals surface area (Å²) in [5, 5.41) is 0. The van der Waals surface area contributed by atoms with E-state index in [0.29, 0.717) is 0 Å². The van der Waals surface area contributed by atoms with Gasteiger partial charge < -0.3 is 14.7 Å². The molecule has 3 heteroatoms. The van der Waals surface area contributed by atoms with Gasteiger partial charge in [-0.2, -0.15) is 0 Å². The molecule has 0 saturated heterocycles. The van der Waals surface area contributed by atoms with E-state index in [1.807, 2.05) is 0 Å². The second-order valence-corrected chi connectivity index (χ2v) is 30.4. The van der Waals surface area contributed by atoms with E-state index >= 15 is 0 Å². The minimum atomic E-state index is 0.0166. The van der Waals surface area contributed by atoms with Crippen molar-refractivity contribution in [2.24, 2.45) is 0 Å². The Kier molecular flexibility index (Phi) is 21.6. The number of hydrogen-bond donors (Lipinski definition) is 0. The Bertz CT molecular complexity index is 2920. The SMILES string of the molecule is CC(C)(C)c1ccccc1-c1ccccc1C(C)(C)C.CC(C)(C)c1ccccc1N(c1ccccc1)C(C)(C)C.CC(C)(C)c1ccccc1N(c1ccccc1)C(C)(C)C.CC(C)(C)c1ccccc1N(c1ccccc1)C(C)(C)C. The summed E-state index contributed by atoms with van der Waals surface area (Å²) < 4.78 is 0. The molecule has 0 heterocycles. The highest BCUT2D eigenvalue weighted by atomic mass is 15.2. The van der Waals surface area contributed by atoms with E-state index in [4.69, 9.17) is 0 Å². The molecule has 0 radical (unpaired) electrons. The first kappa shape index (κ1) is 67.0. The van der Waals surface area contributed by atoms with Crippen LogP contribution in [-0.2, 0) is 27.1 Å². The quantitative estimate of drug-likeness (QED) is 0.157. The Labute approximate surface area is 507 Å². The molecule has 0 bridgehead atoms. The lowest BCUT2D eigenvalue weighted by Crippen LogP contribution is -2.39. The summed E-state index contributed by atoms with van der Waals surface area (Å²) >= 11 is 0. The average molecular weight is 1110 g/mol. The van der Waals surface area contributed by atoms with Gasteiger partial charge in [-0.05, 0) is 183 Å². The zero-order chi connectivity index (χ0) is 62.0. The lowest BCUT2D eigenvalue weighted by Gasteiger charge is -2.40. The van der Waals surface area contributed by atoms with Crippen LogP contribution < -0.4 is 14.7 Å². The number of rotatable bonds is 7. The molecule has 0 fully saturated rings.